The van der Waals surface area contributed by atoms with E-state index in [0.29, 0.717) is 11.6 Å². The van der Waals surface area contributed by atoms with E-state index in [-0.39, 0.29) is 0 Å². The highest BCUT2D eigenvalue weighted by molar-refractivity contribution is 9.10. The molecule has 0 aliphatic carbocycles. The summed E-state index contributed by atoms with van der Waals surface area (Å²) in [5.41, 5.74) is 2.52. The fourth-order valence-corrected chi connectivity index (χ4v) is 2.79. The molecule has 1 N–H and O–H groups in total. The summed E-state index contributed by atoms with van der Waals surface area (Å²) in [6, 6.07) is 13.8. The second kappa shape index (κ2) is 5.03. The van der Waals surface area contributed by atoms with Gasteiger partial charge in [-0.1, -0.05) is 24.3 Å². The summed E-state index contributed by atoms with van der Waals surface area (Å²) < 4.78 is 2.49. The van der Waals surface area contributed by atoms with E-state index < -0.39 is 0 Å². The molecule has 3 aromatic heterocycles. The van der Waals surface area contributed by atoms with Crippen molar-refractivity contribution in [3.8, 4) is 23.0 Å². The summed E-state index contributed by atoms with van der Waals surface area (Å²) in [6.07, 6.45) is 0. The van der Waals surface area contributed by atoms with Crippen LogP contribution >= 0.6 is 15.9 Å². The van der Waals surface area contributed by atoms with Crippen molar-refractivity contribution in [2.24, 2.45) is 7.05 Å². The predicted octanol–water partition coefficient (Wildman–Crippen LogP) is 3.18. The third kappa shape index (κ3) is 2.19. The average molecular weight is 355 g/mol. The molecule has 4 rings (SSSR count). The number of rotatable bonds is 2. The molecule has 0 atom stereocenters. The molecule has 0 unspecified atom stereocenters. The number of hydrogen-bond donors (Lipinski definition) is 1. The molecule has 0 bridgehead atoms. The summed E-state index contributed by atoms with van der Waals surface area (Å²) in [4.78, 5) is 9.12. The van der Waals surface area contributed by atoms with Gasteiger partial charge in [0, 0.05) is 18.5 Å². The number of para-hydroxylation sites is 1. The number of nitrogens with one attached hydrogen (secondary N) is 1. The van der Waals surface area contributed by atoms with Crippen LogP contribution in [0.2, 0.25) is 0 Å². The van der Waals surface area contributed by atoms with Crippen molar-refractivity contribution < 1.29 is 0 Å². The van der Waals surface area contributed by atoms with Crippen LogP contribution in [0, 0.1) is 0 Å². The van der Waals surface area contributed by atoms with E-state index in [1.807, 2.05) is 49.5 Å². The maximum Gasteiger partial charge on any atom is 0.200 e. The van der Waals surface area contributed by atoms with Gasteiger partial charge < -0.3 is 0 Å². The van der Waals surface area contributed by atoms with Gasteiger partial charge in [-0.3, -0.25) is 9.78 Å². The van der Waals surface area contributed by atoms with Crippen LogP contribution in [0.5, 0.6) is 0 Å². The van der Waals surface area contributed by atoms with Crippen LogP contribution < -0.4 is 0 Å². The van der Waals surface area contributed by atoms with E-state index in [1.165, 1.54) is 0 Å². The molecule has 108 valence electrons. The van der Waals surface area contributed by atoms with Crippen molar-refractivity contribution in [1.82, 2.24) is 29.9 Å². The lowest BCUT2D eigenvalue weighted by Gasteiger charge is -1.98. The Morgan fingerprint density at radius 3 is 2.77 bits per heavy atom. The number of aromatic amines is 1. The number of aromatic nitrogens is 6. The van der Waals surface area contributed by atoms with Crippen molar-refractivity contribution in [1.29, 1.82) is 0 Å². The van der Waals surface area contributed by atoms with E-state index >= 15 is 0 Å². The largest absolute Gasteiger partial charge is 0.264 e. The van der Waals surface area contributed by atoms with Crippen LogP contribution in [0.15, 0.2) is 47.1 Å². The van der Waals surface area contributed by atoms with Gasteiger partial charge in [-0.2, -0.15) is 10.2 Å². The number of H-pyrrole nitrogens is 1. The summed E-state index contributed by atoms with van der Waals surface area (Å²) >= 11 is 3.35. The molecule has 1 aromatic carbocycles. The van der Waals surface area contributed by atoms with Gasteiger partial charge >= 0.3 is 0 Å². The second-order valence-corrected chi connectivity index (χ2v) is 5.69. The molecule has 0 aliphatic heterocycles. The van der Waals surface area contributed by atoms with Gasteiger partial charge in [0.15, 0.2) is 11.6 Å². The summed E-state index contributed by atoms with van der Waals surface area (Å²) in [7, 11) is 1.86. The fraction of sp³-hybridized carbons (Fsp3) is 0.0667. The van der Waals surface area contributed by atoms with E-state index in [0.717, 1.165) is 26.9 Å². The first kappa shape index (κ1) is 13.1. The smallest absolute Gasteiger partial charge is 0.200 e. The maximum atomic E-state index is 4.60. The van der Waals surface area contributed by atoms with Crippen molar-refractivity contribution in [3.05, 3.63) is 47.1 Å². The third-order valence-corrected chi connectivity index (χ3v) is 3.79. The zero-order chi connectivity index (χ0) is 15.1. The Hall–Kier alpha value is -2.54. The van der Waals surface area contributed by atoms with E-state index in [9.17, 15) is 0 Å². The summed E-state index contributed by atoms with van der Waals surface area (Å²) in [5.74, 6) is 1.23. The highest BCUT2D eigenvalue weighted by Gasteiger charge is 2.13. The van der Waals surface area contributed by atoms with Crippen molar-refractivity contribution in [3.63, 3.8) is 0 Å². The molecule has 0 saturated carbocycles. The molecule has 0 radical (unpaired) electrons. The number of hydrogen-bond acceptors (Lipinski definition) is 4. The first-order chi connectivity index (χ1) is 10.7. The first-order valence-electron chi connectivity index (χ1n) is 6.69. The highest BCUT2D eigenvalue weighted by Crippen LogP contribution is 2.22. The topological polar surface area (TPSA) is 72.3 Å². The first-order valence-corrected chi connectivity index (χ1v) is 7.48. The maximum absolute atomic E-state index is 4.60. The molecule has 4 aromatic rings. The molecule has 0 aliphatic rings. The molecular weight excluding hydrogens is 344 g/mol. The lowest BCUT2D eigenvalue weighted by molar-refractivity contribution is 0.763. The molecule has 22 heavy (non-hydrogen) atoms. The Balaban J connectivity index is 1.78. The van der Waals surface area contributed by atoms with Gasteiger partial charge in [0.05, 0.1) is 5.52 Å². The summed E-state index contributed by atoms with van der Waals surface area (Å²) in [6.45, 7) is 0. The Bertz CT molecular complexity index is 971. The van der Waals surface area contributed by atoms with Gasteiger partial charge in [0.2, 0.25) is 0 Å². The van der Waals surface area contributed by atoms with E-state index in [2.05, 4.69) is 41.2 Å². The number of pyridine rings is 1. The standard InChI is InChI=1S/C15H11BrN6/c1-22-12(8-13(16)21-22)15-18-14(19-20-15)11-7-6-9-4-2-3-5-10(9)17-11/h2-8H,1H3,(H,18,19,20). The molecule has 0 fully saturated rings. The number of nitrogens with zero attached hydrogens (tertiary/aromatic N) is 5. The van der Waals surface area contributed by atoms with Gasteiger partial charge in [-0.05, 0) is 28.1 Å². The zero-order valence-electron chi connectivity index (χ0n) is 11.7. The minimum atomic E-state index is 0.568. The highest BCUT2D eigenvalue weighted by atomic mass is 79.9. The lowest BCUT2D eigenvalue weighted by atomic mass is 10.2. The molecule has 0 amide bonds. The predicted molar refractivity (Wildman–Crippen MR) is 87.0 cm³/mol. The molecule has 0 saturated heterocycles. The van der Waals surface area contributed by atoms with Gasteiger partial charge in [-0.25, -0.2) is 9.97 Å². The Morgan fingerprint density at radius 1 is 1.09 bits per heavy atom. The molecule has 0 spiro atoms. The van der Waals surface area contributed by atoms with Crippen molar-refractivity contribution >= 4 is 26.8 Å². The van der Waals surface area contributed by atoms with Crippen molar-refractivity contribution in [2.75, 3.05) is 0 Å². The second-order valence-electron chi connectivity index (χ2n) is 4.87. The van der Waals surface area contributed by atoms with E-state index in [1.54, 1.807) is 4.68 Å². The minimum Gasteiger partial charge on any atom is -0.264 e. The molecular formula is C15H11BrN6. The Kier molecular flexibility index (Phi) is 3.00. The molecule has 3 heterocycles. The minimum absolute atomic E-state index is 0.568. The van der Waals surface area contributed by atoms with Crippen LogP contribution in [0.25, 0.3) is 33.9 Å². The number of aryl methyl sites for hydroxylation is 1. The molecule has 6 nitrogen and oxygen atoms in total. The number of fused-ring (bicyclic) bond motifs is 1. The van der Waals surface area contributed by atoms with Gasteiger partial charge in [-0.15, -0.1) is 0 Å². The van der Waals surface area contributed by atoms with E-state index in [4.69, 9.17) is 0 Å². The number of benzene rings is 1. The van der Waals surface area contributed by atoms with Crippen LogP contribution in [0.3, 0.4) is 0 Å². The van der Waals surface area contributed by atoms with Crippen molar-refractivity contribution in [2.45, 2.75) is 0 Å². The third-order valence-electron chi connectivity index (χ3n) is 3.41. The van der Waals surface area contributed by atoms with Gasteiger partial charge in [0.1, 0.15) is 16.0 Å². The lowest BCUT2D eigenvalue weighted by Crippen LogP contribution is -1.94. The normalized spacial score (nSPS) is 11.2. The van der Waals surface area contributed by atoms with Crippen LogP contribution in [0.4, 0.5) is 0 Å². The monoisotopic (exact) mass is 354 g/mol. The molecule has 7 heteroatoms. The average Bonchev–Trinajstić information content (AvgIpc) is 3.13. The summed E-state index contributed by atoms with van der Waals surface area (Å²) in [5, 5.41) is 12.5. The van der Waals surface area contributed by atoms with Gasteiger partial charge in [0.25, 0.3) is 0 Å². The zero-order valence-corrected chi connectivity index (χ0v) is 13.2. The van der Waals surface area contributed by atoms with Crippen LogP contribution in [0.1, 0.15) is 0 Å². The fourth-order valence-electron chi connectivity index (χ4n) is 2.34. The van der Waals surface area contributed by atoms with Crippen LogP contribution in [-0.2, 0) is 7.05 Å². The number of halogens is 1. The Morgan fingerprint density at radius 2 is 1.95 bits per heavy atom. The quantitative estimate of drug-likeness (QED) is 0.599. The Labute approximate surface area is 134 Å². The SMILES string of the molecule is Cn1nc(Br)cc1-c1nc(-c2ccc3ccccc3n2)n[nH]1. The van der Waals surface area contributed by atoms with Crippen LogP contribution in [-0.4, -0.2) is 29.9 Å².